The minimum absolute atomic E-state index is 0.172. The Hall–Kier alpha value is -0.450. The highest BCUT2D eigenvalue weighted by Gasteiger charge is 2.23. The monoisotopic (exact) mass is 226 g/mol. The van der Waals surface area contributed by atoms with Gasteiger partial charge in [-0.1, -0.05) is 0 Å². The van der Waals surface area contributed by atoms with Crippen molar-refractivity contribution in [2.45, 2.75) is 32.4 Å². The van der Waals surface area contributed by atoms with Crippen LogP contribution >= 0.6 is 11.3 Å². The summed E-state index contributed by atoms with van der Waals surface area (Å²) in [5.41, 5.74) is 1.88. The van der Waals surface area contributed by atoms with Gasteiger partial charge in [0.15, 0.2) is 0 Å². The Morgan fingerprint density at radius 3 is 3.27 bits per heavy atom. The molecule has 1 N–H and O–H groups in total. The third-order valence-corrected chi connectivity index (χ3v) is 3.85. The summed E-state index contributed by atoms with van der Waals surface area (Å²) < 4.78 is 0. The molecule has 0 amide bonds. The highest BCUT2D eigenvalue weighted by Crippen LogP contribution is 2.21. The predicted molar refractivity (Wildman–Crippen MR) is 61.8 cm³/mol. The molecule has 0 spiro atoms. The number of aromatic nitrogens is 1. The van der Waals surface area contributed by atoms with Crippen molar-refractivity contribution in [1.29, 1.82) is 0 Å². The lowest BCUT2D eigenvalue weighted by molar-refractivity contribution is 0.0603. The van der Waals surface area contributed by atoms with Crippen molar-refractivity contribution < 1.29 is 5.11 Å². The molecule has 15 heavy (non-hydrogen) atoms. The molecular weight excluding hydrogens is 208 g/mol. The number of rotatable bonds is 3. The number of likely N-dealkylation sites (tertiary alicyclic amines) is 1. The highest BCUT2D eigenvalue weighted by atomic mass is 32.1. The minimum atomic E-state index is -0.172. The molecule has 0 aliphatic carbocycles. The Balaban J connectivity index is 1.88. The van der Waals surface area contributed by atoms with Gasteiger partial charge in [-0.15, -0.1) is 11.3 Å². The number of aliphatic hydroxyl groups is 1. The van der Waals surface area contributed by atoms with Crippen LogP contribution in [0.25, 0.3) is 0 Å². The topological polar surface area (TPSA) is 36.4 Å². The second-order valence-corrected chi connectivity index (χ2v) is 5.32. The first-order chi connectivity index (χ1) is 7.25. The summed E-state index contributed by atoms with van der Waals surface area (Å²) >= 11 is 1.71. The van der Waals surface area contributed by atoms with E-state index in [0.29, 0.717) is 5.92 Å². The van der Waals surface area contributed by atoms with Crippen LogP contribution in [-0.4, -0.2) is 34.2 Å². The molecule has 0 saturated carbocycles. The van der Waals surface area contributed by atoms with Gasteiger partial charge in [0.05, 0.1) is 11.6 Å². The molecule has 4 heteroatoms. The zero-order valence-electron chi connectivity index (χ0n) is 9.09. The summed E-state index contributed by atoms with van der Waals surface area (Å²) in [6.07, 6.45) is 4.14. The van der Waals surface area contributed by atoms with Crippen molar-refractivity contribution in [3.8, 4) is 0 Å². The average Bonchev–Trinajstić information content (AvgIpc) is 2.71. The number of hydrogen-bond donors (Lipinski definition) is 1. The molecule has 1 aliphatic heterocycles. The summed E-state index contributed by atoms with van der Waals surface area (Å²) in [4.78, 5) is 7.83. The number of nitrogens with zero attached hydrogens (tertiary/aromatic N) is 2. The van der Waals surface area contributed by atoms with Crippen LogP contribution in [0.4, 0.5) is 0 Å². The highest BCUT2D eigenvalue weighted by molar-refractivity contribution is 7.09. The first kappa shape index (κ1) is 11.0. The molecule has 3 nitrogen and oxygen atoms in total. The van der Waals surface area contributed by atoms with Crippen molar-refractivity contribution in [3.05, 3.63) is 16.6 Å². The Morgan fingerprint density at radius 2 is 2.60 bits per heavy atom. The molecule has 1 aromatic rings. The number of piperidine rings is 1. The molecule has 2 heterocycles. The summed E-state index contributed by atoms with van der Waals surface area (Å²) in [6, 6.07) is 0. The summed E-state index contributed by atoms with van der Waals surface area (Å²) in [5, 5.41) is 9.58. The standard InChI is InChI=1S/C11H18N2OS/c1-9(14)10-3-2-4-13(6-10)7-11-5-12-8-15-11/h5,8-10,14H,2-4,6-7H2,1H3. The molecule has 1 saturated heterocycles. The SMILES string of the molecule is CC(O)C1CCCN(Cc2cncs2)C1. The fourth-order valence-electron chi connectivity index (χ4n) is 2.17. The van der Waals surface area contributed by atoms with Gasteiger partial charge in [-0.3, -0.25) is 9.88 Å². The van der Waals surface area contributed by atoms with E-state index in [1.54, 1.807) is 11.3 Å². The quantitative estimate of drug-likeness (QED) is 0.853. The zero-order chi connectivity index (χ0) is 10.7. The van der Waals surface area contributed by atoms with Crippen LogP contribution in [0.2, 0.25) is 0 Å². The number of thiazole rings is 1. The molecule has 2 atom stereocenters. The Labute approximate surface area is 94.8 Å². The number of aliphatic hydroxyl groups excluding tert-OH is 1. The second-order valence-electron chi connectivity index (χ2n) is 4.35. The van der Waals surface area contributed by atoms with Crippen molar-refractivity contribution in [2.24, 2.45) is 5.92 Å². The Kier molecular flexibility index (Phi) is 3.72. The average molecular weight is 226 g/mol. The van der Waals surface area contributed by atoms with E-state index in [0.717, 1.165) is 26.1 Å². The van der Waals surface area contributed by atoms with E-state index in [-0.39, 0.29) is 6.10 Å². The van der Waals surface area contributed by atoms with Gasteiger partial charge < -0.3 is 5.11 Å². The lowest BCUT2D eigenvalue weighted by Crippen LogP contribution is -2.38. The van der Waals surface area contributed by atoms with Gasteiger partial charge in [0, 0.05) is 24.2 Å². The molecule has 0 radical (unpaired) electrons. The van der Waals surface area contributed by atoms with E-state index in [4.69, 9.17) is 0 Å². The molecule has 2 unspecified atom stereocenters. The van der Waals surface area contributed by atoms with Gasteiger partial charge in [0.2, 0.25) is 0 Å². The molecule has 0 aromatic carbocycles. The maximum absolute atomic E-state index is 9.58. The predicted octanol–water partition coefficient (Wildman–Crippen LogP) is 1.74. The first-order valence-corrected chi connectivity index (χ1v) is 6.41. The first-order valence-electron chi connectivity index (χ1n) is 5.53. The van der Waals surface area contributed by atoms with E-state index in [9.17, 15) is 5.11 Å². The fourth-order valence-corrected chi connectivity index (χ4v) is 2.81. The molecule has 1 fully saturated rings. The lowest BCUT2D eigenvalue weighted by Gasteiger charge is -2.33. The van der Waals surface area contributed by atoms with E-state index in [2.05, 4.69) is 9.88 Å². The van der Waals surface area contributed by atoms with Crippen LogP contribution < -0.4 is 0 Å². The van der Waals surface area contributed by atoms with Gasteiger partial charge in [-0.05, 0) is 32.2 Å². The summed E-state index contributed by atoms with van der Waals surface area (Å²) in [7, 11) is 0. The molecule has 1 aliphatic rings. The third-order valence-electron chi connectivity index (χ3n) is 3.09. The van der Waals surface area contributed by atoms with E-state index < -0.39 is 0 Å². The van der Waals surface area contributed by atoms with Gasteiger partial charge in [0.25, 0.3) is 0 Å². The van der Waals surface area contributed by atoms with E-state index in [1.165, 1.54) is 11.3 Å². The lowest BCUT2D eigenvalue weighted by atomic mass is 9.93. The second kappa shape index (κ2) is 5.05. The minimum Gasteiger partial charge on any atom is -0.393 e. The van der Waals surface area contributed by atoms with Crippen LogP contribution in [-0.2, 0) is 6.54 Å². The van der Waals surface area contributed by atoms with Gasteiger partial charge in [-0.2, -0.15) is 0 Å². The third kappa shape index (κ3) is 3.00. The van der Waals surface area contributed by atoms with Crippen molar-refractivity contribution in [2.75, 3.05) is 13.1 Å². The van der Waals surface area contributed by atoms with Gasteiger partial charge in [-0.25, -0.2) is 0 Å². The van der Waals surface area contributed by atoms with E-state index in [1.807, 2.05) is 18.6 Å². The largest absolute Gasteiger partial charge is 0.393 e. The van der Waals surface area contributed by atoms with Gasteiger partial charge in [0.1, 0.15) is 0 Å². The normalized spacial score (nSPS) is 25.3. The molecular formula is C11H18N2OS. The molecule has 2 rings (SSSR count). The molecule has 1 aromatic heterocycles. The molecule has 0 bridgehead atoms. The molecule has 84 valence electrons. The zero-order valence-corrected chi connectivity index (χ0v) is 9.91. The van der Waals surface area contributed by atoms with Crippen LogP contribution in [0.3, 0.4) is 0 Å². The maximum Gasteiger partial charge on any atom is 0.0794 e. The van der Waals surface area contributed by atoms with Crippen LogP contribution in [0.5, 0.6) is 0 Å². The van der Waals surface area contributed by atoms with Crippen LogP contribution in [0.1, 0.15) is 24.6 Å². The van der Waals surface area contributed by atoms with Crippen LogP contribution in [0.15, 0.2) is 11.7 Å². The summed E-state index contributed by atoms with van der Waals surface area (Å²) in [5.74, 6) is 0.451. The number of hydrogen-bond acceptors (Lipinski definition) is 4. The fraction of sp³-hybridized carbons (Fsp3) is 0.727. The summed E-state index contributed by atoms with van der Waals surface area (Å²) in [6.45, 7) is 5.07. The van der Waals surface area contributed by atoms with E-state index >= 15 is 0 Å². The van der Waals surface area contributed by atoms with Crippen molar-refractivity contribution in [3.63, 3.8) is 0 Å². The Bertz CT molecular complexity index is 287. The smallest absolute Gasteiger partial charge is 0.0794 e. The van der Waals surface area contributed by atoms with Crippen LogP contribution in [0, 0.1) is 5.92 Å². The van der Waals surface area contributed by atoms with Crippen molar-refractivity contribution >= 4 is 11.3 Å². The van der Waals surface area contributed by atoms with Gasteiger partial charge >= 0.3 is 0 Å². The van der Waals surface area contributed by atoms with Crippen molar-refractivity contribution in [1.82, 2.24) is 9.88 Å². The Morgan fingerprint density at radius 1 is 1.73 bits per heavy atom. The maximum atomic E-state index is 9.58.